The van der Waals surface area contributed by atoms with E-state index in [1.54, 1.807) is 24.5 Å². The molecule has 2 aromatic heterocycles. The van der Waals surface area contributed by atoms with Crippen LogP contribution in [0.15, 0.2) is 41.6 Å². The van der Waals surface area contributed by atoms with Gasteiger partial charge in [-0.2, -0.15) is 4.31 Å². The Morgan fingerprint density at radius 1 is 1.30 bits per heavy atom. The van der Waals surface area contributed by atoms with Gasteiger partial charge in [-0.3, -0.25) is 4.98 Å². The summed E-state index contributed by atoms with van der Waals surface area (Å²) >= 11 is 6.02. The van der Waals surface area contributed by atoms with Crippen molar-refractivity contribution in [2.45, 2.75) is 17.2 Å². The van der Waals surface area contributed by atoms with E-state index in [-0.39, 0.29) is 16.6 Å². The van der Waals surface area contributed by atoms with Gasteiger partial charge in [0.1, 0.15) is 16.5 Å². The predicted octanol–water partition coefficient (Wildman–Crippen LogP) is 2.81. The van der Waals surface area contributed by atoms with Gasteiger partial charge in [-0.1, -0.05) is 11.6 Å². The summed E-state index contributed by atoms with van der Waals surface area (Å²) in [4.78, 5) is 8.92. The van der Waals surface area contributed by atoms with Crippen molar-refractivity contribution in [3.05, 3.63) is 47.5 Å². The van der Waals surface area contributed by atoms with E-state index in [1.165, 1.54) is 17.5 Å². The summed E-state index contributed by atoms with van der Waals surface area (Å²) in [7, 11) is -0.332. The summed E-state index contributed by atoms with van der Waals surface area (Å²) in [6, 6.07) is 6.48. The number of nitrogens with zero attached hydrogens (tertiary/aromatic N) is 4. The van der Waals surface area contributed by atoms with E-state index < -0.39 is 10.0 Å². The number of pyridine rings is 1. The zero-order chi connectivity index (χ0) is 19.2. The molecule has 0 bridgehead atoms. The maximum atomic E-state index is 13.2. The minimum Gasteiger partial charge on any atom is -0.495 e. The maximum absolute atomic E-state index is 13.2. The number of methoxy groups -OCH3 is 1. The first-order valence-electron chi connectivity index (χ1n) is 8.52. The van der Waals surface area contributed by atoms with Crippen molar-refractivity contribution in [2.24, 2.45) is 7.05 Å². The Labute approximate surface area is 162 Å². The van der Waals surface area contributed by atoms with Gasteiger partial charge in [0.15, 0.2) is 0 Å². The van der Waals surface area contributed by atoms with Crippen LogP contribution in [0, 0.1) is 0 Å². The third-order valence-electron chi connectivity index (χ3n) is 4.98. The van der Waals surface area contributed by atoms with Gasteiger partial charge >= 0.3 is 0 Å². The van der Waals surface area contributed by atoms with Crippen LogP contribution in [0.4, 0.5) is 0 Å². The molecule has 27 heavy (non-hydrogen) atoms. The molecule has 0 N–H and O–H groups in total. The van der Waals surface area contributed by atoms with E-state index in [0.717, 1.165) is 16.9 Å². The largest absolute Gasteiger partial charge is 0.495 e. The van der Waals surface area contributed by atoms with Crippen LogP contribution in [0.2, 0.25) is 5.02 Å². The van der Waals surface area contributed by atoms with Crippen molar-refractivity contribution in [1.29, 1.82) is 0 Å². The number of fused-ring (bicyclic) bond motifs is 1. The van der Waals surface area contributed by atoms with Crippen LogP contribution in [0.3, 0.4) is 0 Å². The molecule has 1 aliphatic heterocycles. The summed E-state index contributed by atoms with van der Waals surface area (Å²) in [5.74, 6) is 1.17. The fraction of sp³-hybridized carbons (Fsp3) is 0.333. The summed E-state index contributed by atoms with van der Waals surface area (Å²) in [6.07, 6.45) is 4.18. The number of hydrogen-bond donors (Lipinski definition) is 0. The second kappa shape index (κ2) is 6.78. The molecule has 142 valence electrons. The average molecular weight is 407 g/mol. The Morgan fingerprint density at radius 2 is 2.11 bits per heavy atom. The van der Waals surface area contributed by atoms with E-state index in [1.807, 2.05) is 17.7 Å². The Balaban J connectivity index is 1.66. The fourth-order valence-electron chi connectivity index (χ4n) is 3.57. The van der Waals surface area contributed by atoms with Gasteiger partial charge in [-0.25, -0.2) is 13.4 Å². The topological polar surface area (TPSA) is 77.3 Å². The van der Waals surface area contributed by atoms with Crippen molar-refractivity contribution in [3.8, 4) is 5.75 Å². The molecule has 1 atom stereocenters. The molecule has 3 aromatic rings. The van der Waals surface area contributed by atoms with E-state index in [2.05, 4.69) is 9.97 Å². The molecule has 9 heteroatoms. The van der Waals surface area contributed by atoms with Gasteiger partial charge < -0.3 is 9.30 Å². The maximum Gasteiger partial charge on any atom is 0.246 e. The number of hydrogen-bond acceptors (Lipinski definition) is 5. The monoisotopic (exact) mass is 406 g/mol. The molecule has 0 radical (unpaired) electrons. The molecule has 4 rings (SSSR count). The van der Waals surface area contributed by atoms with E-state index in [0.29, 0.717) is 24.5 Å². The molecule has 1 saturated heterocycles. The second-order valence-corrected chi connectivity index (χ2v) is 8.88. The number of sulfonamides is 1. The van der Waals surface area contributed by atoms with Crippen molar-refractivity contribution in [3.63, 3.8) is 0 Å². The Hall–Kier alpha value is -2.16. The standard InChI is InChI=1S/C18H19ClN4O3S/c1-22-15-10-20-7-5-14(15)21-18(22)12-6-8-23(11-12)27(24,25)17-9-13(19)3-4-16(17)26-2/h3-5,7,9-10,12H,6,8,11H2,1-2H3. The highest BCUT2D eigenvalue weighted by Gasteiger charge is 2.36. The lowest BCUT2D eigenvalue weighted by molar-refractivity contribution is 0.398. The number of benzene rings is 1. The number of rotatable bonds is 4. The van der Waals surface area contributed by atoms with Gasteiger partial charge in [0, 0.05) is 37.3 Å². The van der Waals surface area contributed by atoms with Gasteiger partial charge in [-0.05, 0) is 30.7 Å². The lowest BCUT2D eigenvalue weighted by Gasteiger charge is -2.18. The van der Waals surface area contributed by atoms with Crippen LogP contribution < -0.4 is 4.74 Å². The number of aromatic nitrogens is 3. The molecule has 1 fully saturated rings. The molecule has 1 aromatic carbocycles. The highest BCUT2D eigenvalue weighted by Crippen LogP contribution is 2.35. The first-order chi connectivity index (χ1) is 12.9. The second-order valence-electron chi connectivity index (χ2n) is 6.54. The summed E-state index contributed by atoms with van der Waals surface area (Å²) in [6.45, 7) is 0.784. The third-order valence-corrected chi connectivity index (χ3v) is 7.10. The molecule has 0 saturated carbocycles. The summed E-state index contributed by atoms with van der Waals surface area (Å²) < 4.78 is 35.0. The zero-order valence-corrected chi connectivity index (χ0v) is 16.5. The molecule has 3 heterocycles. The summed E-state index contributed by atoms with van der Waals surface area (Å²) in [5.41, 5.74) is 1.80. The van der Waals surface area contributed by atoms with Crippen molar-refractivity contribution < 1.29 is 13.2 Å². The van der Waals surface area contributed by atoms with Crippen LogP contribution >= 0.6 is 11.6 Å². The van der Waals surface area contributed by atoms with Gasteiger partial charge in [0.05, 0.1) is 24.3 Å². The smallest absolute Gasteiger partial charge is 0.246 e. The average Bonchev–Trinajstić information content (AvgIpc) is 3.27. The van der Waals surface area contributed by atoms with Crippen molar-refractivity contribution in [1.82, 2.24) is 18.8 Å². The highest BCUT2D eigenvalue weighted by molar-refractivity contribution is 7.89. The molecule has 7 nitrogen and oxygen atoms in total. The Kier molecular flexibility index (Phi) is 4.57. The van der Waals surface area contributed by atoms with Crippen LogP contribution in [-0.4, -0.2) is 47.5 Å². The SMILES string of the molecule is COc1ccc(Cl)cc1S(=O)(=O)N1CCC(c2nc3ccncc3n2C)C1. The number of aryl methyl sites for hydroxylation is 1. The molecular weight excluding hydrogens is 388 g/mol. The molecule has 0 amide bonds. The van der Waals surface area contributed by atoms with Crippen LogP contribution in [-0.2, 0) is 17.1 Å². The Morgan fingerprint density at radius 3 is 2.85 bits per heavy atom. The minimum absolute atomic E-state index is 0.0161. The minimum atomic E-state index is -3.71. The first-order valence-corrected chi connectivity index (χ1v) is 10.3. The normalized spacial score (nSPS) is 18.3. The number of halogens is 1. The first kappa shape index (κ1) is 18.2. The van der Waals surface area contributed by atoms with Crippen LogP contribution in [0.5, 0.6) is 5.75 Å². The van der Waals surface area contributed by atoms with Gasteiger partial charge in [0.25, 0.3) is 0 Å². The highest BCUT2D eigenvalue weighted by atomic mass is 35.5. The molecule has 1 unspecified atom stereocenters. The summed E-state index contributed by atoms with van der Waals surface area (Å²) in [5, 5.41) is 0.355. The van der Waals surface area contributed by atoms with Crippen LogP contribution in [0.25, 0.3) is 11.0 Å². The number of imidazole rings is 1. The van der Waals surface area contributed by atoms with Crippen molar-refractivity contribution in [2.75, 3.05) is 20.2 Å². The van der Waals surface area contributed by atoms with E-state index in [4.69, 9.17) is 16.3 Å². The number of ether oxygens (including phenoxy) is 1. The van der Waals surface area contributed by atoms with Crippen LogP contribution in [0.1, 0.15) is 18.2 Å². The van der Waals surface area contributed by atoms with Gasteiger partial charge in [0.2, 0.25) is 10.0 Å². The van der Waals surface area contributed by atoms with Gasteiger partial charge in [-0.15, -0.1) is 0 Å². The Bertz CT molecular complexity index is 1110. The molecule has 0 spiro atoms. The molecule has 0 aliphatic carbocycles. The lowest BCUT2D eigenvalue weighted by atomic mass is 10.1. The van der Waals surface area contributed by atoms with E-state index in [9.17, 15) is 8.42 Å². The predicted molar refractivity (Wildman–Crippen MR) is 103 cm³/mol. The molecular formula is C18H19ClN4O3S. The molecule has 1 aliphatic rings. The fourth-order valence-corrected chi connectivity index (χ4v) is 5.49. The lowest BCUT2D eigenvalue weighted by Crippen LogP contribution is -2.29. The third kappa shape index (κ3) is 3.07. The van der Waals surface area contributed by atoms with Crippen molar-refractivity contribution >= 4 is 32.7 Å². The zero-order valence-electron chi connectivity index (χ0n) is 15.0. The van der Waals surface area contributed by atoms with E-state index >= 15 is 0 Å². The quantitative estimate of drug-likeness (QED) is 0.665.